The number of benzene rings is 1. The lowest BCUT2D eigenvalue weighted by atomic mass is 10.0. The zero-order valence-corrected chi connectivity index (χ0v) is 17.1. The lowest BCUT2D eigenvalue weighted by Crippen LogP contribution is -2.53. The number of rotatable bonds is 7. The third-order valence-corrected chi connectivity index (χ3v) is 4.96. The van der Waals surface area contributed by atoms with Gasteiger partial charge in [-0.15, -0.1) is 0 Å². The Morgan fingerprint density at radius 3 is 2.37 bits per heavy atom. The molecule has 0 radical (unpaired) electrons. The number of carbonyl (C=O) groups excluding carboxylic acids is 4. The number of nitrogens with zero attached hydrogens (tertiary/aromatic N) is 1. The highest BCUT2D eigenvalue weighted by atomic mass is 19.1. The summed E-state index contributed by atoms with van der Waals surface area (Å²) in [6, 6.07) is 1.33. The molecule has 30 heavy (non-hydrogen) atoms. The number of likely N-dealkylation sites (N-methyl/N-ethyl adjacent to an activating group) is 1. The van der Waals surface area contributed by atoms with Gasteiger partial charge in [0.25, 0.3) is 5.91 Å². The molecule has 10 heteroatoms. The average Bonchev–Trinajstić information content (AvgIpc) is 3.19. The average molecular weight is 424 g/mol. The van der Waals surface area contributed by atoms with Crippen molar-refractivity contribution in [2.24, 2.45) is 5.92 Å². The van der Waals surface area contributed by atoms with Gasteiger partial charge in [-0.25, -0.2) is 8.78 Å². The third-order valence-electron chi connectivity index (χ3n) is 4.96. The van der Waals surface area contributed by atoms with E-state index in [-0.39, 0.29) is 12.5 Å². The van der Waals surface area contributed by atoms with Gasteiger partial charge in [-0.05, 0) is 30.9 Å². The predicted molar refractivity (Wildman–Crippen MR) is 104 cm³/mol. The largest absolute Gasteiger partial charge is 0.357 e. The molecule has 0 spiro atoms. The van der Waals surface area contributed by atoms with Crippen LogP contribution in [0, 0.1) is 17.6 Å². The van der Waals surface area contributed by atoms with Crippen LogP contribution in [0.25, 0.3) is 0 Å². The zero-order chi connectivity index (χ0) is 22.4. The first-order valence-electron chi connectivity index (χ1n) is 9.71. The molecule has 1 fully saturated rings. The van der Waals surface area contributed by atoms with Crippen molar-refractivity contribution in [2.45, 2.75) is 38.8 Å². The summed E-state index contributed by atoms with van der Waals surface area (Å²) in [7, 11) is 1.49. The maximum Gasteiger partial charge on any atom is 0.257 e. The maximum atomic E-state index is 13.8. The smallest absolute Gasteiger partial charge is 0.257 e. The molecule has 1 aliphatic heterocycles. The van der Waals surface area contributed by atoms with Gasteiger partial charge in [0.1, 0.15) is 29.3 Å². The summed E-state index contributed by atoms with van der Waals surface area (Å²) in [5, 5.41) is 7.27. The summed E-state index contributed by atoms with van der Waals surface area (Å²) in [4.78, 5) is 50.6. The van der Waals surface area contributed by atoms with Crippen LogP contribution in [0.3, 0.4) is 0 Å². The molecule has 2 rings (SSSR count). The van der Waals surface area contributed by atoms with Crippen molar-refractivity contribution in [2.75, 3.05) is 20.1 Å². The van der Waals surface area contributed by atoms with Crippen LogP contribution in [0.15, 0.2) is 18.2 Å². The fourth-order valence-electron chi connectivity index (χ4n) is 3.34. The molecule has 0 aliphatic carbocycles. The van der Waals surface area contributed by atoms with Gasteiger partial charge in [0.2, 0.25) is 17.7 Å². The van der Waals surface area contributed by atoms with E-state index in [1.165, 1.54) is 11.9 Å². The molecule has 1 aromatic carbocycles. The molecule has 4 amide bonds. The van der Waals surface area contributed by atoms with Crippen molar-refractivity contribution in [3.8, 4) is 0 Å². The van der Waals surface area contributed by atoms with E-state index in [1.54, 1.807) is 13.8 Å². The number of amides is 4. The first-order valence-corrected chi connectivity index (χ1v) is 9.71. The number of likely N-dealkylation sites (tertiary alicyclic amines) is 1. The highest BCUT2D eigenvalue weighted by Gasteiger charge is 2.34. The third kappa shape index (κ3) is 5.31. The molecule has 1 heterocycles. The second kappa shape index (κ2) is 10.1. The van der Waals surface area contributed by atoms with Crippen molar-refractivity contribution in [3.05, 3.63) is 35.4 Å². The highest BCUT2D eigenvalue weighted by Crippen LogP contribution is 2.17. The van der Waals surface area contributed by atoms with E-state index in [0.29, 0.717) is 19.4 Å². The number of hydrogen-bond donors (Lipinski definition) is 3. The quantitative estimate of drug-likeness (QED) is 0.595. The summed E-state index contributed by atoms with van der Waals surface area (Å²) in [6.07, 6.45) is 1.22. The normalized spacial score (nSPS) is 16.9. The second-order valence-electron chi connectivity index (χ2n) is 7.37. The Bertz CT molecular complexity index is 811. The molecule has 0 saturated carbocycles. The fraction of sp³-hybridized carbons (Fsp3) is 0.500. The summed E-state index contributed by atoms with van der Waals surface area (Å²) in [5.74, 6) is -4.93. The number of hydrogen-bond acceptors (Lipinski definition) is 4. The lowest BCUT2D eigenvalue weighted by Gasteiger charge is -2.25. The Balaban J connectivity index is 2.01. The van der Waals surface area contributed by atoms with Crippen molar-refractivity contribution < 1.29 is 28.0 Å². The van der Waals surface area contributed by atoms with Crippen molar-refractivity contribution in [1.82, 2.24) is 20.9 Å². The Kier molecular flexibility index (Phi) is 7.85. The van der Waals surface area contributed by atoms with E-state index in [1.807, 2.05) is 0 Å². The summed E-state index contributed by atoms with van der Waals surface area (Å²) in [6.45, 7) is 3.33. The maximum absolute atomic E-state index is 13.8. The highest BCUT2D eigenvalue weighted by molar-refractivity contribution is 5.98. The minimum atomic E-state index is -1.11. The van der Waals surface area contributed by atoms with Gasteiger partial charge in [0.05, 0.1) is 6.54 Å². The van der Waals surface area contributed by atoms with E-state index in [2.05, 4.69) is 16.0 Å². The Hall–Kier alpha value is -3.04. The van der Waals surface area contributed by atoms with Crippen LogP contribution in [0.4, 0.5) is 8.78 Å². The number of halogens is 2. The van der Waals surface area contributed by atoms with E-state index in [0.717, 1.165) is 18.2 Å². The van der Waals surface area contributed by atoms with Crippen LogP contribution in [-0.4, -0.2) is 60.7 Å². The first-order chi connectivity index (χ1) is 14.2. The van der Waals surface area contributed by atoms with E-state index < -0.39 is 52.9 Å². The predicted octanol–water partition coefficient (Wildman–Crippen LogP) is 0.572. The molecule has 1 aliphatic rings. The number of carbonyl (C=O) groups is 4. The van der Waals surface area contributed by atoms with Crippen LogP contribution in [0.1, 0.15) is 37.0 Å². The molecular weight excluding hydrogens is 398 g/mol. The molecule has 2 unspecified atom stereocenters. The summed E-state index contributed by atoms with van der Waals surface area (Å²) >= 11 is 0. The van der Waals surface area contributed by atoms with Gasteiger partial charge in [-0.1, -0.05) is 19.9 Å². The first kappa shape index (κ1) is 23.2. The summed E-state index contributed by atoms with van der Waals surface area (Å²) in [5.41, 5.74) is -0.780. The van der Waals surface area contributed by atoms with Crippen molar-refractivity contribution in [1.29, 1.82) is 0 Å². The Labute approximate surface area is 173 Å². The van der Waals surface area contributed by atoms with Crippen molar-refractivity contribution in [3.63, 3.8) is 0 Å². The van der Waals surface area contributed by atoms with Crippen LogP contribution >= 0.6 is 0 Å². The van der Waals surface area contributed by atoms with Gasteiger partial charge in [0.15, 0.2) is 0 Å². The van der Waals surface area contributed by atoms with Gasteiger partial charge in [-0.3, -0.25) is 19.2 Å². The van der Waals surface area contributed by atoms with Crippen LogP contribution < -0.4 is 16.0 Å². The van der Waals surface area contributed by atoms with Gasteiger partial charge in [0, 0.05) is 13.6 Å². The Morgan fingerprint density at radius 1 is 1.17 bits per heavy atom. The van der Waals surface area contributed by atoms with Gasteiger partial charge < -0.3 is 20.9 Å². The van der Waals surface area contributed by atoms with E-state index in [4.69, 9.17) is 0 Å². The molecule has 0 aromatic heterocycles. The molecule has 164 valence electrons. The Morgan fingerprint density at radius 2 is 1.80 bits per heavy atom. The fourth-order valence-corrected chi connectivity index (χ4v) is 3.34. The molecule has 0 bridgehead atoms. The zero-order valence-electron chi connectivity index (χ0n) is 17.1. The molecule has 8 nitrogen and oxygen atoms in total. The molecule has 1 aromatic rings. The number of nitrogens with one attached hydrogen (secondary N) is 3. The molecular formula is C20H26F2N4O4. The molecule has 2 atom stereocenters. The minimum absolute atomic E-state index is 0.272. The van der Waals surface area contributed by atoms with E-state index >= 15 is 0 Å². The summed E-state index contributed by atoms with van der Waals surface area (Å²) < 4.78 is 27.7. The standard InChI is InChI=1S/C20H26F2N4O4/c1-11(2)17(25-19(29)16-12(21)6-4-7-13(16)22)20(30)24-10-15(27)26-9-5-8-14(26)18(28)23-3/h4,6-7,11,14,17H,5,8-10H2,1-3H3,(H,23,28)(H,24,30)(H,25,29). The monoisotopic (exact) mass is 424 g/mol. The minimum Gasteiger partial charge on any atom is -0.357 e. The van der Waals surface area contributed by atoms with Crippen molar-refractivity contribution >= 4 is 23.6 Å². The second-order valence-corrected chi connectivity index (χ2v) is 7.37. The topological polar surface area (TPSA) is 108 Å². The SMILES string of the molecule is CNC(=O)C1CCCN1C(=O)CNC(=O)C(NC(=O)c1c(F)cccc1F)C(C)C. The lowest BCUT2D eigenvalue weighted by molar-refractivity contribution is -0.138. The molecule has 3 N–H and O–H groups in total. The van der Waals surface area contributed by atoms with Crippen LogP contribution in [0.5, 0.6) is 0 Å². The molecule has 1 saturated heterocycles. The van der Waals surface area contributed by atoms with Crippen LogP contribution in [-0.2, 0) is 14.4 Å². The van der Waals surface area contributed by atoms with E-state index in [9.17, 15) is 28.0 Å². The van der Waals surface area contributed by atoms with Crippen LogP contribution in [0.2, 0.25) is 0 Å². The van der Waals surface area contributed by atoms with Gasteiger partial charge >= 0.3 is 0 Å². The van der Waals surface area contributed by atoms with Gasteiger partial charge in [-0.2, -0.15) is 0 Å².